The molecule has 0 unspecified atom stereocenters. The van der Waals surface area contributed by atoms with Gasteiger partial charge in [0.2, 0.25) is 0 Å². The van der Waals surface area contributed by atoms with E-state index in [4.69, 9.17) is 0 Å². The van der Waals surface area contributed by atoms with Gasteiger partial charge in [-0.05, 0) is 19.1 Å². The maximum absolute atomic E-state index is 11.1. The molecule has 0 aliphatic rings. The lowest BCUT2D eigenvalue weighted by Crippen LogP contribution is -1.87. The van der Waals surface area contributed by atoms with Crippen molar-refractivity contribution >= 4 is 11.0 Å². The lowest BCUT2D eigenvalue weighted by Gasteiger charge is -1.97. The number of para-hydroxylation sites is 2. The zero-order chi connectivity index (χ0) is 8.55. The Labute approximate surface area is 69.7 Å². The molecule has 0 spiro atoms. The molecule has 3 nitrogen and oxygen atoms in total. The highest BCUT2D eigenvalue weighted by atomic mass is 16.3. The Morgan fingerprint density at radius 2 is 1.67 bits per heavy atom. The van der Waals surface area contributed by atoms with Crippen molar-refractivity contribution in [2.24, 2.45) is 0 Å². The van der Waals surface area contributed by atoms with Crippen molar-refractivity contribution in [2.75, 3.05) is 0 Å². The van der Waals surface area contributed by atoms with Gasteiger partial charge in [0.25, 0.3) is 5.88 Å². The first-order valence-electron chi connectivity index (χ1n) is 3.68. The molecule has 1 aromatic carbocycles. The summed E-state index contributed by atoms with van der Waals surface area (Å²) in [7, 11) is 0. The number of benzene rings is 1. The average Bonchev–Trinajstić information content (AvgIpc) is 2.07. The van der Waals surface area contributed by atoms with Crippen LogP contribution in [0.25, 0.3) is 11.0 Å². The van der Waals surface area contributed by atoms with E-state index in [1.807, 2.05) is 18.2 Å². The summed E-state index contributed by atoms with van der Waals surface area (Å²) >= 11 is 0. The van der Waals surface area contributed by atoms with E-state index in [9.17, 15) is 5.11 Å². The fourth-order valence-electron chi connectivity index (χ4n) is 1.07. The minimum absolute atomic E-state index is 0.242. The smallest absolute Gasteiger partial charge is 0.265 e. The number of nitrogens with zero attached hydrogens (tertiary/aromatic N) is 2. The van der Waals surface area contributed by atoms with E-state index in [-0.39, 0.29) is 5.88 Å². The first-order chi connectivity index (χ1) is 5.77. The third-order valence-electron chi connectivity index (χ3n) is 1.70. The highest BCUT2D eigenvalue weighted by Gasteiger charge is 2.02. The molecule has 1 radical (unpaired) electrons. The van der Waals surface area contributed by atoms with Crippen molar-refractivity contribution in [3.63, 3.8) is 0 Å². The molecule has 2 aromatic rings. The molecule has 0 saturated heterocycles. The Balaban J connectivity index is 2.84. The van der Waals surface area contributed by atoms with Gasteiger partial charge in [-0.15, -0.1) is 0 Å². The highest BCUT2D eigenvalue weighted by molar-refractivity contribution is 5.74. The highest BCUT2D eigenvalue weighted by Crippen LogP contribution is 2.16. The van der Waals surface area contributed by atoms with Crippen molar-refractivity contribution in [3.05, 3.63) is 30.0 Å². The van der Waals surface area contributed by atoms with Gasteiger partial charge in [-0.25, -0.2) is 9.97 Å². The minimum atomic E-state index is -0.242. The number of hydrogen-bond donors (Lipinski definition) is 0. The topological polar surface area (TPSA) is 45.7 Å². The van der Waals surface area contributed by atoms with Crippen LogP contribution in [0.15, 0.2) is 24.3 Å². The van der Waals surface area contributed by atoms with Gasteiger partial charge in [-0.2, -0.15) is 0 Å². The summed E-state index contributed by atoms with van der Waals surface area (Å²) in [6, 6.07) is 7.34. The van der Waals surface area contributed by atoms with Gasteiger partial charge in [0.05, 0.1) is 11.0 Å². The Hall–Kier alpha value is -1.64. The van der Waals surface area contributed by atoms with Gasteiger partial charge in [-0.1, -0.05) is 12.1 Å². The molecule has 0 fully saturated rings. The Morgan fingerprint density at radius 1 is 1.08 bits per heavy atom. The second-order valence-corrected chi connectivity index (χ2v) is 2.60. The van der Waals surface area contributed by atoms with Crippen LogP contribution in [0.3, 0.4) is 0 Å². The van der Waals surface area contributed by atoms with E-state index in [1.165, 1.54) is 0 Å². The summed E-state index contributed by atoms with van der Waals surface area (Å²) in [5, 5.41) is 11.1. The van der Waals surface area contributed by atoms with Crippen LogP contribution in [0, 0.1) is 6.92 Å². The molecule has 0 amide bonds. The van der Waals surface area contributed by atoms with E-state index in [0.717, 1.165) is 5.52 Å². The number of rotatable bonds is 0. The predicted octanol–water partition coefficient (Wildman–Crippen LogP) is 2.08. The number of fused-ring (bicyclic) bond motifs is 1. The average molecular weight is 159 g/mol. The molecule has 0 atom stereocenters. The first kappa shape index (κ1) is 7.03. The SMILES string of the molecule is Cc1nc2ccccc2nc1[O]. The van der Waals surface area contributed by atoms with Crippen molar-refractivity contribution in [2.45, 2.75) is 6.92 Å². The molecule has 1 aromatic heterocycles. The van der Waals surface area contributed by atoms with Crippen LogP contribution in [-0.4, -0.2) is 9.97 Å². The van der Waals surface area contributed by atoms with Gasteiger partial charge in [-0.3, -0.25) is 5.11 Å². The largest absolute Gasteiger partial charge is 0.291 e. The van der Waals surface area contributed by atoms with Gasteiger partial charge >= 0.3 is 0 Å². The standard InChI is InChI=1S/C9H7N2O/c1-6-9(12)11-8-5-3-2-4-7(8)10-6/h2-5H,1H3. The zero-order valence-electron chi connectivity index (χ0n) is 6.61. The predicted molar refractivity (Wildman–Crippen MR) is 44.4 cm³/mol. The number of aromatic nitrogens is 2. The van der Waals surface area contributed by atoms with Gasteiger partial charge < -0.3 is 0 Å². The molecule has 0 aliphatic heterocycles. The molecule has 2 rings (SSSR count). The summed E-state index contributed by atoms with van der Waals surface area (Å²) in [6.07, 6.45) is 0. The lowest BCUT2D eigenvalue weighted by atomic mass is 10.3. The molecule has 59 valence electrons. The van der Waals surface area contributed by atoms with Crippen molar-refractivity contribution < 1.29 is 5.11 Å². The van der Waals surface area contributed by atoms with Crippen LogP contribution in [-0.2, 0) is 5.11 Å². The molecule has 0 bridgehead atoms. The van der Waals surface area contributed by atoms with Gasteiger partial charge in [0.1, 0.15) is 5.69 Å². The second kappa shape index (κ2) is 2.44. The first-order valence-corrected chi connectivity index (χ1v) is 3.68. The van der Waals surface area contributed by atoms with E-state index in [1.54, 1.807) is 13.0 Å². The maximum Gasteiger partial charge on any atom is 0.291 e. The van der Waals surface area contributed by atoms with E-state index in [2.05, 4.69) is 9.97 Å². The monoisotopic (exact) mass is 159 g/mol. The summed E-state index contributed by atoms with van der Waals surface area (Å²) in [5.74, 6) is -0.242. The van der Waals surface area contributed by atoms with E-state index < -0.39 is 0 Å². The third-order valence-corrected chi connectivity index (χ3v) is 1.70. The van der Waals surface area contributed by atoms with E-state index >= 15 is 0 Å². The quantitative estimate of drug-likeness (QED) is 0.590. The lowest BCUT2D eigenvalue weighted by molar-refractivity contribution is 0.333. The second-order valence-electron chi connectivity index (χ2n) is 2.60. The zero-order valence-corrected chi connectivity index (χ0v) is 6.61. The number of hydrogen-bond acceptors (Lipinski definition) is 2. The van der Waals surface area contributed by atoms with Gasteiger partial charge in [0, 0.05) is 0 Å². The van der Waals surface area contributed by atoms with Gasteiger partial charge in [0.15, 0.2) is 0 Å². The maximum atomic E-state index is 11.1. The van der Waals surface area contributed by atoms with Crippen LogP contribution >= 0.6 is 0 Å². The molecular weight excluding hydrogens is 152 g/mol. The Kier molecular flexibility index (Phi) is 1.43. The molecule has 3 heteroatoms. The molecule has 0 saturated carbocycles. The van der Waals surface area contributed by atoms with Crippen LogP contribution in [0.2, 0.25) is 0 Å². The summed E-state index contributed by atoms with van der Waals surface area (Å²) in [5.41, 5.74) is 1.89. The van der Waals surface area contributed by atoms with Crippen molar-refractivity contribution in [1.82, 2.24) is 9.97 Å². The fourth-order valence-corrected chi connectivity index (χ4v) is 1.07. The molecular formula is C9H7N2O. The van der Waals surface area contributed by atoms with Crippen LogP contribution in [0.1, 0.15) is 5.69 Å². The Morgan fingerprint density at radius 3 is 2.33 bits per heavy atom. The molecule has 12 heavy (non-hydrogen) atoms. The summed E-state index contributed by atoms with van der Waals surface area (Å²) in [6.45, 7) is 1.67. The fraction of sp³-hybridized carbons (Fsp3) is 0.111. The van der Waals surface area contributed by atoms with E-state index in [0.29, 0.717) is 11.2 Å². The minimum Gasteiger partial charge on any atom is -0.265 e. The van der Waals surface area contributed by atoms with Crippen LogP contribution in [0.4, 0.5) is 0 Å². The van der Waals surface area contributed by atoms with Crippen molar-refractivity contribution in [1.29, 1.82) is 0 Å². The van der Waals surface area contributed by atoms with Crippen LogP contribution in [0.5, 0.6) is 5.88 Å². The summed E-state index contributed by atoms with van der Waals surface area (Å²) < 4.78 is 0. The normalized spacial score (nSPS) is 10.4. The summed E-state index contributed by atoms with van der Waals surface area (Å²) in [4.78, 5) is 7.96. The number of aryl methyl sites for hydroxylation is 1. The molecule has 1 heterocycles. The third kappa shape index (κ3) is 0.993. The molecule has 0 N–H and O–H groups in total. The van der Waals surface area contributed by atoms with Crippen molar-refractivity contribution in [3.8, 4) is 5.88 Å². The Bertz CT molecular complexity index is 385. The van der Waals surface area contributed by atoms with Crippen LogP contribution < -0.4 is 0 Å². The molecule has 0 aliphatic carbocycles.